The number of methoxy groups -OCH3 is 1. The van der Waals surface area contributed by atoms with Gasteiger partial charge in [-0.3, -0.25) is 4.79 Å². The van der Waals surface area contributed by atoms with Gasteiger partial charge in [-0.25, -0.2) is 0 Å². The molecule has 0 amide bonds. The van der Waals surface area contributed by atoms with Gasteiger partial charge in [-0.15, -0.1) is 0 Å². The van der Waals surface area contributed by atoms with Gasteiger partial charge < -0.3 is 14.6 Å². The van der Waals surface area contributed by atoms with Crippen molar-refractivity contribution >= 4 is 23.1 Å². The highest BCUT2D eigenvalue weighted by atomic mass is 35.5. The number of aromatic nitrogens is 1. The number of hydrogen-bond donors (Lipinski definition) is 1. The number of halogens is 1. The van der Waals surface area contributed by atoms with E-state index in [-0.39, 0.29) is 5.78 Å². The van der Waals surface area contributed by atoms with Crippen molar-refractivity contribution in [1.29, 1.82) is 0 Å². The van der Waals surface area contributed by atoms with Crippen LogP contribution in [-0.2, 0) is 0 Å². The smallest absolute Gasteiger partial charge is 0.186 e. The standard InChI is InChI=1S/C23H25ClN2O2/c1-14-6-11-22(28-5)21(12-14)25-16(3)23(27)20-13-15(2)26(17(20)4)19-9-7-18(24)8-10-19/h6-13,16,25H,1-5H3/t16-/m0/s1. The summed E-state index contributed by atoms with van der Waals surface area (Å²) in [5, 5.41) is 3.99. The summed E-state index contributed by atoms with van der Waals surface area (Å²) >= 11 is 6.01. The first-order valence-electron chi connectivity index (χ1n) is 9.22. The van der Waals surface area contributed by atoms with E-state index in [2.05, 4.69) is 9.88 Å². The predicted molar refractivity (Wildman–Crippen MR) is 115 cm³/mol. The van der Waals surface area contributed by atoms with Crippen molar-refractivity contribution in [3.63, 3.8) is 0 Å². The number of Topliss-reactive ketones (excluding diaryl/α,β-unsaturated/α-hetero) is 1. The highest BCUT2D eigenvalue weighted by Crippen LogP contribution is 2.28. The third-order valence-electron chi connectivity index (χ3n) is 4.90. The number of aryl methyl sites for hydroxylation is 2. The molecule has 4 nitrogen and oxygen atoms in total. The number of hydrogen-bond acceptors (Lipinski definition) is 3. The average molecular weight is 397 g/mol. The van der Waals surface area contributed by atoms with Crippen LogP contribution in [0.1, 0.15) is 34.2 Å². The number of rotatable bonds is 6. The van der Waals surface area contributed by atoms with E-state index in [4.69, 9.17) is 16.3 Å². The van der Waals surface area contributed by atoms with Crippen molar-refractivity contribution in [2.24, 2.45) is 0 Å². The van der Waals surface area contributed by atoms with E-state index >= 15 is 0 Å². The number of anilines is 1. The fourth-order valence-electron chi connectivity index (χ4n) is 3.47. The summed E-state index contributed by atoms with van der Waals surface area (Å²) in [5.41, 5.74) is 5.52. The first kappa shape index (κ1) is 20.0. The van der Waals surface area contributed by atoms with E-state index in [1.54, 1.807) is 7.11 Å². The van der Waals surface area contributed by atoms with Crippen molar-refractivity contribution < 1.29 is 9.53 Å². The van der Waals surface area contributed by atoms with Crippen molar-refractivity contribution in [3.8, 4) is 11.4 Å². The topological polar surface area (TPSA) is 43.3 Å². The van der Waals surface area contributed by atoms with Gasteiger partial charge in [0.1, 0.15) is 5.75 Å². The molecule has 1 atom stereocenters. The second-order valence-corrected chi connectivity index (χ2v) is 7.47. The van der Waals surface area contributed by atoms with Crippen molar-refractivity contribution in [2.45, 2.75) is 33.7 Å². The summed E-state index contributed by atoms with van der Waals surface area (Å²) in [6, 6.07) is 15.0. The highest BCUT2D eigenvalue weighted by Gasteiger charge is 2.22. The van der Waals surface area contributed by atoms with Crippen molar-refractivity contribution in [2.75, 3.05) is 12.4 Å². The van der Waals surface area contributed by atoms with Crippen LogP contribution < -0.4 is 10.1 Å². The summed E-state index contributed by atoms with van der Waals surface area (Å²) in [6.45, 7) is 7.85. The van der Waals surface area contributed by atoms with E-state index in [1.807, 2.05) is 76.2 Å². The zero-order chi connectivity index (χ0) is 20.4. The predicted octanol–water partition coefficient (Wildman–Crippen LogP) is 5.75. The fourth-order valence-corrected chi connectivity index (χ4v) is 3.59. The number of nitrogens with one attached hydrogen (secondary N) is 1. The van der Waals surface area contributed by atoms with Crippen LogP contribution in [-0.4, -0.2) is 23.5 Å². The molecule has 0 fully saturated rings. The molecule has 0 aliphatic carbocycles. The molecule has 1 heterocycles. The van der Waals surface area contributed by atoms with E-state index in [0.717, 1.165) is 34.1 Å². The van der Waals surface area contributed by atoms with Crippen LogP contribution in [0.5, 0.6) is 5.75 Å². The zero-order valence-electron chi connectivity index (χ0n) is 16.8. The monoisotopic (exact) mass is 396 g/mol. The molecule has 0 saturated heterocycles. The van der Waals surface area contributed by atoms with Gasteiger partial charge in [0, 0.05) is 27.7 Å². The van der Waals surface area contributed by atoms with Crippen LogP contribution in [0, 0.1) is 20.8 Å². The van der Waals surface area contributed by atoms with Gasteiger partial charge in [-0.1, -0.05) is 17.7 Å². The number of ether oxygens (including phenoxy) is 1. The number of benzene rings is 2. The number of nitrogens with zero attached hydrogens (tertiary/aromatic N) is 1. The Morgan fingerprint density at radius 2 is 1.75 bits per heavy atom. The maximum Gasteiger partial charge on any atom is 0.186 e. The molecule has 0 aliphatic rings. The first-order valence-corrected chi connectivity index (χ1v) is 9.60. The summed E-state index contributed by atoms with van der Waals surface area (Å²) in [7, 11) is 1.63. The van der Waals surface area contributed by atoms with Gasteiger partial charge in [0.05, 0.1) is 18.8 Å². The molecule has 0 unspecified atom stereocenters. The third-order valence-corrected chi connectivity index (χ3v) is 5.15. The largest absolute Gasteiger partial charge is 0.495 e. The molecule has 28 heavy (non-hydrogen) atoms. The van der Waals surface area contributed by atoms with Crippen LogP contribution in [0.4, 0.5) is 5.69 Å². The van der Waals surface area contributed by atoms with Crippen LogP contribution >= 0.6 is 11.6 Å². The average Bonchev–Trinajstić information content (AvgIpc) is 2.96. The Hall–Kier alpha value is -2.72. The van der Waals surface area contributed by atoms with Crippen LogP contribution in [0.2, 0.25) is 5.02 Å². The van der Waals surface area contributed by atoms with Crippen LogP contribution in [0.25, 0.3) is 5.69 Å². The van der Waals surface area contributed by atoms with Gasteiger partial charge in [-0.05, 0) is 75.7 Å². The molecule has 5 heteroatoms. The molecular weight excluding hydrogens is 372 g/mol. The molecule has 146 valence electrons. The van der Waals surface area contributed by atoms with E-state index in [1.165, 1.54) is 0 Å². The van der Waals surface area contributed by atoms with E-state index < -0.39 is 6.04 Å². The first-order chi connectivity index (χ1) is 13.3. The van der Waals surface area contributed by atoms with Gasteiger partial charge in [-0.2, -0.15) is 0 Å². The minimum absolute atomic E-state index is 0.0388. The third kappa shape index (κ3) is 3.92. The molecule has 0 aliphatic heterocycles. The lowest BCUT2D eigenvalue weighted by Gasteiger charge is -2.17. The van der Waals surface area contributed by atoms with Gasteiger partial charge in [0.25, 0.3) is 0 Å². The molecule has 1 N–H and O–H groups in total. The summed E-state index contributed by atoms with van der Waals surface area (Å²) in [5.74, 6) is 0.758. The Labute approximate surface area is 171 Å². The molecule has 3 aromatic rings. The molecule has 3 rings (SSSR count). The molecule has 2 aromatic carbocycles. The second kappa shape index (κ2) is 8.11. The van der Waals surface area contributed by atoms with Crippen LogP contribution in [0.3, 0.4) is 0 Å². The van der Waals surface area contributed by atoms with Gasteiger partial charge in [0.15, 0.2) is 5.78 Å². The molecule has 0 saturated carbocycles. The van der Waals surface area contributed by atoms with Crippen molar-refractivity contribution in [3.05, 3.63) is 76.1 Å². The fraction of sp³-hybridized carbons (Fsp3) is 0.261. The second-order valence-electron chi connectivity index (χ2n) is 7.03. The van der Waals surface area contributed by atoms with Gasteiger partial charge >= 0.3 is 0 Å². The SMILES string of the molecule is COc1ccc(C)cc1N[C@@H](C)C(=O)c1cc(C)n(-c2ccc(Cl)cc2)c1C. The Morgan fingerprint density at radius 3 is 2.39 bits per heavy atom. The van der Waals surface area contributed by atoms with E-state index in [9.17, 15) is 4.79 Å². The molecule has 0 spiro atoms. The lowest BCUT2D eigenvalue weighted by Crippen LogP contribution is -2.27. The minimum Gasteiger partial charge on any atom is -0.495 e. The highest BCUT2D eigenvalue weighted by molar-refractivity contribution is 6.30. The summed E-state index contributed by atoms with van der Waals surface area (Å²) in [4.78, 5) is 13.2. The molecule has 1 aromatic heterocycles. The Balaban J connectivity index is 1.90. The van der Waals surface area contributed by atoms with Crippen molar-refractivity contribution in [1.82, 2.24) is 4.57 Å². The zero-order valence-corrected chi connectivity index (χ0v) is 17.6. The summed E-state index contributed by atoms with van der Waals surface area (Å²) < 4.78 is 7.49. The minimum atomic E-state index is -0.394. The Kier molecular flexibility index (Phi) is 5.80. The lowest BCUT2D eigenvalue weighted by atomic mass is 10.0. The maximum atomic E-state index is 13.2. The maximum absolute atomic E-state index is 13.2. The van der Waals surface area contributed by atoms with Crippen LogP contribution in [0.15, 0.2) is 48.5 Å². The normalized spacial score (nSPS) is 11.9. The number of carbonyl (C=O) groups excluding carboxylic acids is 1. The molecular formula is C23H25ClN2O2. The van der Waals surface area contributed by atoms with Gasteiger partial charge in [0.2, 0.25) is 0 Å². The Morgan fingerprint density at radius 1 is 1.07 bits per heavy atom. The Bertz CT molecular complexity index is 1010. The number of carbonyl (C=O) groups is 1. The van der Waals surface area contributed by atoms with E-state index in [0.29, 0.717) is 10.6 Å². The molecule has 0 bridgehead atoms. The number of ketones is 1. The molecule has 0 radical (unpaired) electrons. The summed E-state index contributed by atoms with van der Waals surface area (Å²) in [6.07, 6.45) is 0. The lowest BCUT2D eigenvalue weighted by molar-refractivity contribution is 0.0975. The quantitative estimate of drug-likeness (QED) is 0.539.